The number of hydrogen-bond acceptors (Lipinski definition) is 2. The first-order valence-corrected chi connectivity index (χ1v) is 7.91. The maximum Gasteiger partial charge on any atom is 0.326 e. The van der Waals surface area contributed by atoms with Gasteiger partial charge in [-0.05, 0) is 35.4 Å². The molecule has 0 aromatic heterocycles. The summed E-state index contributed by atoms with van der Waals surface area (Å²) in [6, 6.07) is 6.04. The lowest BCUT2D eigenvalue weighted by Crippen LogP contribution is -2.43. The van der Waals surface area contributed by atoms with Crippen LogP contribution in [0.5, 0.6) is 0 Å². The van der Waals surface area contributed by atoms with Gasteiger partial charge in [-0.3, -0.25) is 4.79 Å². The number of nitrogens with one attached hydrogen (secondary N) is 1. The van der Waals surface area contributed by atoms with Crippen molar-refractivity contribution >= 4 is 35.1 Å². The molecule has 25 heavy (non-hydrogen) atoms. The maximum atomic E-state index is 13.1. The number of hydrogen-bond donors (Lipinski definition) is 2. The number of amides is 1. The molecule has 2 aromatic rings. The van der Waals surface area contributed by atoms with E-state index in [2.05, 4.69) is 5.32 Å². The van der Waals surface area contributed by atoms with Gasteiger partial charge in [-0.1, -0.05) is 29.3 Å². The van der Waals surface area contributed by atoms with Gasteiger partial charge in [0.15, 0.2) is 0 Å². The van der Waals surface area contributed by atoms with Gasteiger partial charge in [0.2, 0.25) is 5.91 Å². The number of carbonyl (C=O) groups excluding carboxylic acids is 1. The minimum absolute atomic E-state index is 0.0609. The Kier molecular flexibility index (Phi) is 6.33. The fourth-order valence-corrected chi connectivity index (χ4v) is 2.74. The van der Waals surface area contributed by atoms with Crippen LogP contribution in [0, 0.1) is 11.6 Å². The van der Waals surface area contributed by atoms with Gasteiger partial charge in [-0.2, -0.15) is 0 Å². The highest BCUT2D eigenvalue weighted by molar-refractivity contribution is 6.35. The summed E-state index contributed by atoms with van der Waals surface area (Å²) in [6.45, 7) is 0. The Morgan fingerprint density at radius 1 is 1.08 bits per heavy atom. The molecule has 8 heteroatoms. The third-order valence-corrected chi connectivity index (χ3v) is 3.95. The van der Waals surface area contributed by atoms with Gasteiger partial charge in [0.05, 0.1) is 6.42 Å². The molecule has 0 fully saturated rings. The Hall–Kier alpha value is -2.18. The molecule has 0 spiro atoms. The van der Waals surface area contributed by atoms with Crippen LogP contribution in [-0.4, -0.2) is 23.0 Å². The Morgan fingerprint density at radius 3 is 2.28 bits per heavy atom. The van der Waals surface area contributed by atoms with E-state index in [1.54, 1.807) is 12.1 Å². The fraction of sp³-hybridized carbons (Fsp3) is 0.176. The van der Waals surface area contributed by atoms with Crippen LogP contribution in [0.3, 0.4) is 0 Å². The van der Waals surface area contributed by atoms with E-state index in [1.807, 2.05) is 0 Å². The Balaban J connectivity index is 2.07. The Morgan fingerprint density at radius 2 is 1.72 bits per heavy atom. The van der Waals surface area contributed by atoms with Gasteiger partial charge >= 0.3 is 5.97 Å². The van der Waals surface area contributed by atoms with Crippen molar-refractivity contribution in [3.05, 3.63) is 69.2 Å². The summed E-state index contributed by atoms with van der Waals surface area (Å²) < 4.78 is 26.3. The SMILES string of the molecule is O=C(Cc1cc(F)cc(F)c1)N[C@H](Cc1ccc(Cl)cc1Cl)C(=O)O. The molecule has 0 saturated heterocycles. The predicted octanol–water partition coefficient (Wildman–Crippen LogP) is 3.63. The second kappa shape index (κ2) is 8.27. The van der Waals surface area contributed by atoms with E-state index in [0.29, 0.717) is 16.7 Å². The lowest BCUT2D eigenvalue weighted by atomic mass is 10.0. The third kappa shape index (κ3) is 5.69. The van der Waals surface area contributed by atoms with Crippen LogP contribution in [0.4, 0.5) is 8.78 Å². The average molecular weight is 388 g/mol. The lowest BCUT2D eigenvalue weighted by Gasteiger charge is -2.15. The highest BCUT2D eigenvalue weighted by atomic mass is 35.5. The summed E-state index contributed by atoms with van der Waals surface area (Å²) >= 11 is 11.8. The summed E-state index contributed by atoms with van der Waals surface area (Å²) in [7, 11) is 0. The van der Waals surface area contributed by atoms with Crippen molar-refractivity contribution in [3.63, 3.8) is 0 Å². The quantitative estimate of drug-likeness (QED) is 0.795. The normalized spacial score (nSPS) is 11.8. The van der Waals surface area contributed by atoms with E-state index in [9.17, 15) is 23.5 Å². The number of aliphatic carboxylic acids is 1. The molecule has 0 aliphatic carbocycles. The summed E-state index contributed by atoms with van der Waals surface area (Å²) in [5.41, 5.74) is 0.597. The first-order valence-electron chi connectivity index (χ1n) is 7.15. The first-order chi connectivity index (χ1) is 11.7. The largest absolute Gasteiger partial charge is 0.480 e. The first kappa shape index (κ1) is 19.1. The number of rotatable bonds is 6. The Bertz CT molecular complexity index is 794. The summed E-state index contributed by atoms with van der Waals surface area (Å²) in [5.74, 6) is -3.57. The van der Waals surface area contributed by atoms with Gasteiger partial charge in [0.25, 0.3) is 0 Å². The number of benzene rings is 2. The van der Waals surface area contributed by atoms with Crippen LogP contribution < -0.4 is 5.32 Å². The van der Waals surface area contributed by atoms with Crippen molar-refractivity contribution in [2.24, 2.45) is 0 Å². The zero-order chi connectivity index (χ0) is 18.6. The summed E-state index contributed by atoms with van der Waals surface area (Å²) in [6.07, 6.45) is -0.415. The summed E-state index contributed by atoms with van der Waals surface area (Å²) in [5, 5.41) is 12.3. The molecule has 4 nitrogen and oxygen atoms in total. The van der Waals surface area contributed by atoms with Crippen LogP contribution in [-0.2, 0) is 22.4 Å². The van der Waals surface area contributed by atoms with Crippen molar-refractivity contribution in [3.8, 4) is 0 Å². The fourth-order valence-electron chi connectivity index (χ4n) is 2.25. The van der Waals surface area contributed by atoms with E-state index in [4.69, 9.17) is 23.2 Å². The van der Waals surface area contributed by atoms with Gasteiger partial charge < -0.3 is 10.4 Å². The van der Waals surface area contributed by atoms with Crippen LogP contribution in [0.2, 0.25) is 10.0 Å². The van der Waals surface area contributed by atoms with E-state index in [1.165, 1.54) is 6.07 Å². The van der Waals surface area contributed by atoms with Gasteiger partial charge in [-0.25, -0.2) is 13.6 Å². The number of carboxylic acid groups (broad SMARTS) is 1. The zero-order valence-electron chi connectivity index (χ0n) is 12.7. The van der Waals surface area contributed by atoms with Crippen LogP contribution in [0.15, 0.2) is 36.4 Å². The van der Waals surface area contributed by atoms with E-state index in [0.717, 1.165) is 12.1 Å². The van der Waals surface area contributed by atoms with Gasteiger partial charge in [-0.15, -0.1) is 0 Å². The molecule has 0 heterocycles. The standard InChI is InChI=1S/C17H13Cl2F2NO3/c18-11-2-1-10(14(19)7-11)6-15(17(24)25)22-16(23)5-9-3-12(20)8-13(21)4-9/h1-4,7-8,15H,5-6H2,(H,22,23)(H,24,25)/t15-/m1/s1. The zero-order valence-corrected chi connectivity index (χ0v) is 14.2. The molecule has 0 unspecified atom stereocenters. The molecule has 0 radical (unpaired) electrons. The highest BCUT2D eigenvalue weighted by Crippen LogP contribution is 2.22. The molecule has 2 rings (SSSR count). The molecule has 0 bridgehead atoms. The van der Waals surface area contributed by atoms with Crippen molar-refractivity contribution < 1.29 is 23.5 Å². The van der Waals surface area contributed by atoms with Gasteiger partial charge in [0.1, 0.15) is 17.7 Å². The molecule has 2 N–H and O–H groups in total. The van der Waals surface area contributed by atoms with Crippen LogP contribution in [0.25, 0.3) is 0 Å². The molecule has 0 saturated carbocycles. The molecule has 1 atom stereocenters. The van der Waals surface area contributed by atoms with Gasteiger partial charge in [0, 0.05) is 22.5 Å². The van der Waals surface area contributed by atoms with Crippen LogP contribution >= 0.6 is 23.2 Å². The smallest absolute Gasteiger partial charge is 0.326 e. The van der Waals surface area contributed by atoms with E-state index in [-0.39, 0.29) is 23.4 Å². The topological polar surface area (TPSA) is 66.4 Å². The minimum Gasteiger partial charge on any atom is -0.480 e. The van der Waals surface area contributed by atoms with E-state index >= 15 is 0 Å². The average Bonchev–Trinajstić information content (AvgIpc) is 2.47. The molecule has 2 aromatic carbocycles. The number of carbonyl (C=O) groups is 2. The number of carboxylic acids is 1. The second-order valence-electron chi connectivity index (χ2n) is 5.35. The third-order valence-electron chi connectivity index (χ3n) is 3.36. The predicted molar refractivity (Wildman–Crippen MR) is 89.8 cm³/mol. The lowest BCUT2D eigenvalue weighted by molar-refractivity contribution is -0.141. The van der Waals surface area contributed by atoms with Crippen molar-refractivity contribution in [1.29, 1.82) is 0 Å². The highest BCUT2D eigenvalue weighted by Gasteiger charge is 2.22. The molecule has 1 amide bonds. The monoisotopic (exact) mass is 387 g/mol. The molecule has 0 aliphatic rings. The summed E-state index contributed by atoms with van der Waals surface area (Å²) in [4.78, 5) is 23.4. The molecular formula is C17H13Cl2F2NO3. The van der Waals surface area contributed by atoms with Crippen molar-refractivity contribution in [1.82, 2.24) is 5.32 Å². The van der Waals surface area contributed by atoms with Crippen molar-refractivity contribution in [2.75, 3.05) is 0 Å². The van der Waals surface area contributed by atoms with Crippen molar-refractivity contribution in [2.45, 2.75) is 18.9 Å². The number of halogens is 4. The maximum absolute atomic E-state index is 13.1. The van der Waals surface area contributed by atoms with Crippen LogP contribution in [0.1, 0.15) is 11.1 Å². The minimum atomic E-state index is -1.26. The molecule has 0 aliphatic heterocycles. The molecule has 132 valence electrons. The van der Waals surface area contributed by atoms with E-state index < -0.39 is 29.6 Å². The second-order valence-corrected chi connectivity index (χ2v) is 6.20. The Labute approximate surface area is 152 Å². The molecular weight excluding hydrogens is 375 g/mol.